The van der Waals surface area contributed by atoms with Gasteiger partial charge in [0.05, 0.1) is 11.4 Å². The molecule has 1 atom stereocenters. The van der Waals surface area contributed by atoms with E-state index in [1.165, 1.54) is 0 Å². The molecule has 17 heavy (non-hydrogen) atoms. The number of hydrogen-bond donors (Lipinski definition) is 1. The van der Waals surface area contributed by atoms with Crippen molar-refractivity contribution in [1.29, 1.82) is 0 Å². The highest BCUT2D eigenvalue weighted by molar-refractivity contribution is 5.11. The van der Waals surface area contributed by atoms with Crippen LogP contribution in [0.1, 0.15) is 30.0 Å². The minimum absolute atomic E-state index is 0.235. The predicted octanol–water partition coefficient (Wildman–Crippen LogP) is 2.64. The maximum Gasteiger partial charge on any atom is 0.0570 e. The van der Waals surface area contributed by atoms with Crippen LogP contribution in [0.4, 0.5) is 0 Å². The van der Waals surface area contributed by atoms with Gasteiger partial charge in [-0.3, -0.25) is 9.97 Å². The lowest BCUT2D eigenvalue weighted by Crippen LogP contribution is -2.19. The van der Waals surface area contributed by atoms with E-state index in [0.717, 1.165) is 23.6 Å². The summed E-state index contributed by atoms with van der Waals surface area (Å²) in [7, 11) is 0. The van der Waals surface area contributed by atoms with Gasteiger partial charge in [0.15, 0.2) is 0 Å². The summed E-state index contributed by atoms with van der Waals surface area (Å²) >= 11 is 0. The first-order chi connectivity index (χ1) is 8.25. The minimum atomic E-state index is 0.235. The molecule has 0 aliphatic carbocycles. The molecule has 0 saturated carbocycles. The number of rotatable bonds is 4. The first-order valence-corrected chi connectivity index (χ1v) is 5.82. The molecule has 2 rings (SSSR count). The molecule has 2 aromatic rings. The predicted molar refractivity (Wildman–Crippen MR) is 68.5 cm³/mol. The molecule has 2 heterocycles. The average molecular weight is 227 g/mol. The third kappa shape index (κ3) is 3.36. The molecular weight excluding hydrogens is 210 g/mol. The molecule has 0 saturated heterocycles. The van der Waals surface area contributed by atoms with Crippen molar-refractivity contribution in [2.24, 2.45) is 0 Å². The van der Waals surface area contributed by atoms with Crippen LogP contribution in [0.2, 0.25) is 0 Å². The lowest BCUT2D eigenvalue weighted by molar-refractivity contribution is 0.555. The van der Waals surface area contributed by atoms with Crippen LogP contribution in [-0.2, 0) is 6.54 Å². The van der Waals surface area contributed by atoms with E-state index in [4.69, 9.17) is 0 Å². The number of aryl methyl sites for hydroxylation is 1. The summed E-state index contributed by atoms with van der Waals surface area (Å²) in [5.74, 6) is 0. The zero-order chi connectivity index (χ0) is 12.1. The van der Waals surface area contributed by atoms with Gasteiger partial charge in [-0.05, 0) is 38.1 Å². The van der Waals surface area contributed by atoms with Gasteiger partial charge in [-0.15, -0.1) is 0 Å². The largest absolute Gasteiger partial charge is 0.303 e. The number of aromatic nitrogens is 2. The Kier molecular flexibility index (Phi) is 3.83. The molecule has 0 aliphatic rings. The van der Waals surface area contributed by atoms with Gasteiger partial charge >= 0.3 is 0 Å². The van der Waals surface area contributed by atoms with Gasteiger partial charge in [-0.1, -0.05) is 12.1 Å². The molecule has 0 radical (unpaired) electrons. The lowest BCUT2D eigenvalue weighted by atomic mass is 10.2. The molecular formula is C14H17N3. The van der Waals surface area contributed by atoms with Crippen molar-refractivity contribution in [3.8, 4) is 0 Å². The highest BCUT2D eigenvalue weighted by Gasteiger charge is 2.05. The van der Waals surface area contributed by atoms with E-state index in [9.17, 15) is 0 Å². The van der Waals surface area contributed by atoms with E-state index in [2.05, 4.69) is 22.2 Å². The molecule has 2 aromatic heterocycles. The molecule has 0 unspecified atom stereocenters. The van der Waals surface area contributed by atoms with Crippen LogP contribution in [-0.4, -0.2) is 9.97 Å². The zero-order valence-electron chi connectivity index (χ0n) is 10.2. The molecule has 0 aliphatic heterocycles. The maximum absolute atomic E-state index is 4.46. The lowest BCUT2D eigenvalue weighted by Gasteiger charge is -2.12. The molecule has 88 valence electrons. The van der Waals surface area contributed by atoms with E-state index in [1.807, 2.05) is 49.5 Å². The van der Waals surface area contributed by atoms with E-state index >= 15 is 0 Å². The van der Waals surface area contributed by atoms with Crippen molar-refractivity contribution >= 4 is 0 Å². The first-order valence-electron chi connectivity index (χ1n) is 5.82. The van der Waals surface area contributed by atoms with Gasteiger partial charge in [0, 0.05) is 24.5 Å². The van der Waals surface area contributed by atoms with Gasteiger partial charge in [0.25, 0.3) is 0 Å². The Bertz CT molecular complexity index is 468. The molecule has 0 spiro atoms. The van der Waals surface area contributed by atoms with E-state index in [1.54, 1.807) is 0 Å². The second-order valence-electron chi connectivity index (χ2n) is 4.13. The summed E-state index contributed by atoms with van der Waals surface area (Å²) in [6.07, 6.45) is 1.82. The highest BCUT2D eigenvalue weighted by atomic mass is 14.9. The molecule has 0 bridgehead atoms. The van der Waals surface area contributed by atoms with Gasteiger partial charge in [-0.25, -0.2) is 0 Å². The zero-order valence-corrected chi connectivity index (χ0v) is 10.2. The molecule has 1 N–H and O–H groups in total. The van der Waals surface area contributed by atoms with Gasteiger partial charge in [-0.2, -0.15) is 0 Å². The fourth-order valence-electron chi connectivity index (χ4n) is 1.69. The van der Waals surface area contributed by atoms with Crippen molar-refractivity contribution in [3.05, 3.63) is 59.7 Å². The third-order valence-electron chi connectivity index (χ3n) is 2.67. The second kappa shape index (κ2) is 5.55. The SMILES string of the molecule is Cc1cccc(CN[C@H](C)c2ccccn2)n1. The number of nitrogens with one attached hydrogen (secondary N) is 1. The molecule has 0 amide bonds. The monoisotopic (exact) mass is 227 g/mol. The number of pyridine rings is 2. The third-order valence-corrected chi connectivity index (χ3v) is 2.67. The Hall–Kier alpha value is -1.74. The summed E-state index contributed by atoms with van der Waals surface area (Å²) in [4.78, 5) is 8.78. The quantitative estimate of drug-likeness (QED) is 0.872. The van der Waals surface area contributed by atoms with Crippen LogP contribution >= 0.6 is 0 Å². The van der Waals surface area contributed by atoms with Gasteiger partial charge in [0.1, 0.15) is 0 Å². The van der Waals surface area contributed by atoms with Crippen molar-refractivity contribution in [2.75, 3.05) is 0 Å². The minimum Gasteiger partial charge on any atom is -0.303 e. The van der Waals surface area contributed by atoms with Gasteiger partial charge < -0.3 is 5.32 Å². The molecule has 3 nitrogen and oxygen atoms in total. The van der Waals surface area contributed by atoms with Crippen LogP contribution in [0.3, 0.4) is 0 Å². The van der Waals surface area contributed by atoms with Crippen LogP contribution in [0.5, 0.6) is 0 Å². The van der Waals surface area contributed by atoms with E-state index in [0.29, 0.717) is 0 Å². The van der Waals surface area contributed by atoms with Crippen LogP contribution < -0.4 is 5.32 Å². The number of nitrogens with zero attached hydrogens (tertiary/aromatic N) is 2. The van der Waals surface area contributed by atoms with Crippen molar-refractivity contribution in [2.45, 2.75) is 26.4 Å². The Labute approximate surface area is 102 Å². The summed E-state index contributed by atoms with van der Waals surface area (Å²) < 4.78 is 0. The summed E-state index contributed by atoms with van der Waals surface area (Å²) in [5, 5.41) is 3.42. The van der Waals surface area contributed by atoms with E-state index < -0.39 is 0 Å². The molecule has 3 heteroatoms. The highest BCUT2D eigenvalue weighted by Crippen LogP contribution is 2.08. The first kappa shape index (κ1) is 11.7. The van der Waals surface area contributed by atoms with Crippen molar-refractivity contribution < 1.29 is 0 Å². The van der Waals surface area contributed by atoms with Crippen LogP contribution in [0.15, 0.2) is 42.6 Å². The summed E-state index contributed by atoms with van der Waals surface area (Å²) in [6.45, 7) is 4.88. The fourth-order valence-corrected chi connectivity index (χ4v) is 1.69. The second-order valence-corrected chi connectivity index (χ2v) is 4.13. The smallest absolute Gasteiger partial charge is 0.0570 e. The van der Waals surface area contributed by atoms with Crippen molar-refractivity contribution in [1.82, 2.24) is 15.3 Å². The standard InChI is InChI=1S/C14H17N3/c1-11-6-5-7-13(17-11)10-16-12(2)14-8-3-4-9-15-14/h3-9,12,16H,10H2,1-2H3/t12-/m1/s1. The summed E-state index contributed by atoms with van der Waals surface area (Å²) in [6, 6.07) is 12.3. The Morgan fingerprint density at radius 2 is 2.06 bits per heavy atom. The number of hydrogen-bond acceptors (Lipinski definition) is 3. The molecule has 0 aromatic carbocycles. The Balaban J connectivity index is 1.95. The normalized spacial score (nSPS) is 12.4. The van der Waals surface area contributed by atoms with Crippen LogP contribution in [0, 0.1) is 6.92 Å². The Morgan fingerprint density at radius 3 is 2.76 bits per heavy atom. The van der Waals surface area contributed by atoms with Crippen LogP contribution in [0.25, 0.3) is 0 Å². The maximum atomic E-state index is 4.46. The summed E-state index contributed by atoms with van der Waals surface area (Å²) in [5.41, 5.74) is 3.17. The van der Waals surface area contributed by atoms with Crippen molar-refractivity contribution in [3.63, 3.8) is 0 Å². The fraction of sp³-hybridized carbons (Fsp3) is 0.286. The average Bonchev–Trinajstić information content (AvgIpc) is 2.37. The van der Waals surface area contributed by atoms with E-state index in [-0.39, 0.29) is 6.04 Å². The Morgan fingerprint density at radius 1 is 1.18 bits per heavy atom. The topological polar surface area (TPSA) is 37.8 Å². The molecule has 0 fully saturated rings. The van der Waals surface area contributed by atoms with Gasteiger partial charge in [0.2, 0.25) is 0 Å².